The van der Waals surface area contributed by atoms with Gasteiger partial charge in [-0.3, -0.25) is 14.5 Å². The van der Waals surface area contributed by atoms with Crippen molar-refractivity contribution in [1.29, 1.82) is 0 Å². The topological polar surface area (TPSA) is 99.8 Å². The van der Waals surface area contributed by atoms with Gasteiger partial charge < -0.3 is 20.7 Å². The summed E-state index contributed by atoms with van der Waals surface area (Å²) in [5.41, 5.74) is -0.834. The number of hydrogen-bond acceptors (Lipinski definition) is 5. The van der Waals surface area contributed by atoms with Crippen molar-refractivity contribution in [2.24, 2.45) is 5.92 Å². The van der Waals surface area contributed by atoms with E-state index in [9.17, 15) is 14.4 Å². The van der Waals surface area contributed by atoms with E-state index in [1.54, 1.807) is 14.0 Å². The van der Waals surface area contributed by atoms with E-state index >= 15 is 0 Å². The van der Waals surface area contributed by atoms with Crippen molar-refractivity contribution in [1.82, 2.24) is 20.9 Å². The Kier molecular flexibility index (Phi) is 7.24. The molecule has 2 fully saturated rings. The molecule has 1 aliphatic carbocycles. The third kappa shape index (κ3) is 4.79. The highest BCUT2D eigenvalue weighted by molar-refractivity contribution is 6.09. The Morgan fingerprint density at radius 1 is 1.35 bits per heavy atom. The number of imide groups is 1. The van der Waals surface area contributed by atoms with E-state index in [-0.39, 0.29) is 36.7 Å². The molecule has 9 heteroatoms. The molecule has 1 saturated carbocycles. The summed E-state index contributed by atoms with van der Waals surface area (Å²) in [6.45, 7) is 3.87. The maximum Gasteiger partial charge on any atom is 0.325 e. The summed E-state index contributed by atoms with van der Waals surface area (Å²) in [5, 5.41) is 8.49. The third-order valence-corrected chi connectivity index (χ3v) is 4.10. The van der Waals surface area contributed by atoms with Crippen LogP contribution in [0.3, 0.4) is 0 Å². The van der Waals surface area contributed by atoms with E-state index in [0.29, 0.717) is 26.2 Å². The molecule has 23 heavy (non-hydrogen) atoms. The van der Waals surface area contributed by atoms with Gasteiger partial charge in [0, 0.05) is 26.7 Å². The van der Waals surface area contributed by atoms with Crippen molar-refractivity contribution in [3.05, 3.63) is 0 Å². The number of rotatable bonds is 9. The number of urea groups is 1. The molecule has 1 saturated heterocycles. The Balaban J connectivity index is 0.00000264. The number of amides is 4. The van der Waals surface area contributed by atoms with Crippen molar-refractivity contribution in [2.45, 2.75) is 25.3 Å². The highest BCUT2D eigenvalue weighted by atomic mass is 35.5. The lowest BCUT2D eigenvalue weighted by Gasteiger charge is -2.20. The largest absolute Gasteiger partial charge is 0.383 e. The minimum atomic E-state index is -0.834. The Labute approximate surface area is 142 Å². The van der Waals surface area contributed by atoms with Gasteiger partial charge in [0.15, 0.2) is 0 Å². The van der Waals surface area contributed by atoms with Crippen LogP contribution in [0.2, 0.25) is 0 Å². The molecule has 1 atom stereocenters. The predicted molar refractivity (Wildman–Crippen MR) is 86.4 cm³/mol. The van der Waals surface area contributed by atoms with Crippen molar-refractivity contribution in [3.8, 4) is 0 Å². The number of nitrogens with zero attached hydrogens (tertiary/aromatic N) is 1. The molecular weight excluding hydrogens is 324 g/mol. The van der Waals surface area contributed by atoms with Crippen LogP contribution in [0.5, 0.6) is 0 Å². The predicted octanol–water partition coefficient (Wildman–Crippen LogP) is -0.519. The summed E-state index contributed by atoms with van der Waals surface area (Å²) in [6.07, 6.45) is 1.88. The summed E-state index contributed by atoms with van der Waals surface area (Å²) in [4.78, 5) is 37.1. The Morgan fingerprint density at radius 2 is 2.04 bits per heavy atom. The van der Waals surface area contributed by atoms with Gasteiger partial charge in [0.25, 0.3) is 5.91 Å². The number of hydrogen-bond donors (Lipinski definition) is 3. The molecule has 8 nitrogen and oxygen atoms in total. The standard InChI is InChI=1S/C14H24N4O4.ClH/c1-14(10-3-4-10)12(20)18(13(21)17-14)9-11(19)16-6-5-15-7-8-22-2;/h10,15H,3-9H2,1-2H3,(H,16,19)(H,17,21);1H. The zero-order valence-corrected chi connectivity index (χ0v) is 14.3. The molecule has 1 heterocycles. The summed E-state index contributed by atoms with van der Waals surface area (Å²) < 4.78 is 4.89. The van der Waals surface area contributed by atoms with Crippen LogP contribution in [-0.4, -0.2) is 68.2 Å². The first-order valence-corrected chi connectivity index (χ1v) is 7.59. The zero-order chi connectivity index (χ0) is 16.2. The molecule has 0 spiro atoms. The normalized spacial score (nSPS) is 23.5. The summed E-state index contributed by atoms with van der Waals surface area (Å²) in [7, 11) is 1.62. The van der Waals surface area contributed by atoms with Crippen molar-refractivity contribution >= 4 is 30.3 Å². The van der Waals surface area contributed by atoms with E-state index < -0.39 is 11.6 Å². The lowest BCUT2D eigenvalue weighted by Crippen LogP contribution is -2.47. The SMILES string of the molecule is COCCNCCNC(=O)CN1C(=O)NC(C)(C2CC2)C1=O.Cl. The smallest absolute Gasteiger partial charge is 0.325 e. The van der Waals surface area contributed by atoms with Crippen molar-refractivity contribution in [3.63, 3.8) is 0 Å². The molecule has 1 unspecified atom stereocenters. The van der Waals surface area contributed by atoms with Gasteiger partial charge in [0.1, 0.15) is 12.1 Å². The first-order chi connectivity index (χ1) is 10.5. The molecule has 4 amide bonds. The monoisotopic (exact) mass is 348 g/mol. The van der Waals surface area contributed by atoms with Gasteiger partial charge in [-0.15, -0.1) is 12.4 Å². The van der Waals surface area contributed by atoms with Crippen LogP contribution in [-0.2, 0) is 14.3 Å². The van der Waals surface area contributed by atoms with E-state index in [1.807, 2.05) is 0 Å². The highest BCUT2D eigenvalue weighted by Gasteiger charge is 2.56. The van der Waals surface area contributed by atoms with Gasteiger partial charge >= 0.3 is 6.03 Å². The van der Waals surface area contributed by atoms with Gasteiger partial charge in [0.2, 0.25) is 5.91 Å². The van der Waals surface area contributed by atoms with Crippen LogP contribution >= 0.6 is 12.4 Å². The van der Waals surface area contributed by atoms with Crippen LogP contribution in [0.4, 0.5) is 4.79 Å². The van der Waals surface area contributed by atoms with Crippen LogP contribution < -0.4 is 16.0 Å². The number of carbonyl (C=O) groups is 3. The molecule has 0 aromatic rings. The van der Waals surface area contributed by atoms with Gasteiger partial charge in [0.05, 0.1) is 6.61 Å². The lowest BCUT2D eigenvalue weighted by atomic mass is 9.96. The number of halogens is 1. The fraction of sp³-hybridized carbons (Fsp3) is 0.786. The second-order valence-electron chi connectivity index (χ2n) is 5.89. The van der Waals surface area contributed by atoms with E-state index in [2.05, 4.69) is 16.0 Å². The number of carbonyl (C=O) groups excluding carboxylic acids is 3. The Bertz CT molecular complexity index is 458. The minimum absolute atomic E-state index is 0. The molecule has 0 bridgehead atoms. The van der Waals surface area contributed by atoms with Crippen molar-refractivity contribution in [2.75, 3.05) is 39.9 Å². The van der Waals surface area contributed by atoms with Crippen LogP contribution in [0, 0.1) is 5.92 Å². The molecular formula is C14H25ClN4O4. The molecule has 2 aliphatic rings. The molecule has 2 rings (SSSR count). The van der Waals surface area contributed by atoms with Crippen molar-refractivity contribution < 1.29 is 19.1 Å². The van der Waals surface area contributed by atoms with Crippen LogP contribution in [0.1, 0.15) is 19.8 Å². The average molecular weight is 349 g/mol. The number of methoxy groups -OCH3 is 1. The zero-order valence-electron chi connectivity index (χ0n) is 13.5. The third-order valence-electron chi connectivity index (χ3n) is 4.10. The van der Waals surface area contributed by atoms with Gasteiger partial charge in [-0.05, 0) is 25.7 Å². The van der Waals surface area contributed by atoms with E-state index in [1.165, 1.54) is 0 Å². The second kappa shape index (κ2) is 8.47. The second-order valence-corrected chi connectivity index (χ2v) is 5.89. The van der Waals surface area contributed by atoms with Crippen LogP contribution in [0.25, 0.3) is 0 Å². The summed E-state index contributed by atoms with van der Waals surface area (Å²) >= 11 is 0. The minimum Gasteiger partial charge on any atom is -0.383 e. The average Bonchev–Trinajstić information content (AvgIpc) is 3.29. The fourth-order valence-corrected chi connectivity index (χ4v) is 2.59. The molecule has 0 aromatic heterocycles. The molecule has 132 valence electrons. The molecule has 3 N–H and O–H groups in total. The fourth-order valence-electron chi connectivity index (χ4n) is 2.59. The Morgan fingerprint density at radius 3 is 2.65 bits per heavy atom. The van der Waals surface area contributed by atoms with Crippen LogP contribution in [0.15, 0.2) is 0 Å². The number of ether oxygens (including phenoxy) is 1. The molecule has 1 aliphatic heterocycles. The number of nitrogens with one attached hydrogen (secondary N) is 3. The first kappa shape index (κ1) is 19.7. The van der Waals surface area contributed by atoms with Gasteiger partial charge in [-0.25, -0.2) is 4.79 Å². The maximum atomic E-state index is 12.3. The quantitative estimate of drug-likeness (QED) is 0.384. The first-order valence-electron chi connectivity index (χ1n) is 7.59. The van der Waals surface area contributed by atoms with E-state index in [0.717, 1.165) is 17.7 Å². The summed E-state index contributed by atoms with van der Waals surface area (Å²) in [5.74, 6) is -0.438. The van der Waals surface area contributed by atoms with E-state index in [4.69, 9.17) is 4.74 Å². The summed E-state index contributed by atoms with van der Waals surface area (Å²) in [6, 6.07) is -0.479. The molecule has 0 radical (unpaired) electrons. The highest BCUT2D eigenvalue weighted by Crippen LogP contribution is 2.42. The van der Waals surface area contributed by atoms with Gasteiger partial charge in [-0.1, -0.05) is 0 Å². The molecule has 0 aromatic carbocycles. The van der Waals surface area contributed by atoms with Gasteiger partial charge in [-0.2, -0.15) is 0 Å². The Hall–Kier alpha value is -1.38. The maximum absolute atomic E-state index is 12.3. The lowest BCUT2D eigenvalue weighted by molar-refractivity contribution is -0.135.